The number of carboxylic acids is 1. The fourth-order valence-corrected chi connectivity index (χ4v) is 1.82. The van der Waals surface area contributed by atoms with E-state index in [0.29, 0.717) is 5.69 Å². The van der Waals surface area contributed by atoms with Crippen LogP contribution in [0, 0.1) is 13.8 Å². The van der Waals surface area contributed by atoms with Crippen LogP contribution in [0.3, 0.4) is 0 Å². The van der Waals surface area contributed by atoms with E-state index in [4.69, 9.17) is 5.11 Å². The van der Waals surface area contributed by atoms with Gasteiger partial charge in [-0.15, -0.1) is 0 Å². The molecule has 5 nitrogen and oxygen atoms in total. The molecule has 0 atom stereocenters. The summed E-state index contributed by atoms with van der Waals surface area (Å²) in [6.45, 7) is 3.78. The fraction of sp³-hybridized carbons (Fsp3) is 0.167. The molecule has 0 aliphatic heterocycles. The minimum absolute atomic E-state index is 0.0676. The average Bonchev–Trinajstić information content (AvgIpc) is 2.60. The minimum Gasteiger partial charge on any atom is -0.477 e. The van der Waals surface area contributed by atoms with Gasteiger partial charge in [-0.3, -0.25) is 4.57 Å². The van der Waals surface area contributed by atoms with Crippen LogP contribution in [0.2, 0.25) is 0 Å². The number of carbonyl (C=O) groups is 1. The van der Waals surface area contributed by atoms with Crippen molar-refractivity contribution in [2.24, 2.45) is 0 Å². The molecule has 0 bridgehead atoms. The van der Waals surface area contributed by atoms with Crippen molar-refractivity contribution < 1.29 is 9.90 Å². The molecule has 0 aliphatic rings. The van der Waals surface area contributed by atoms with E-state index >= 15 is 0 Å². The van der Waals surface area contributed by atoms with Crippen LogP contribution in [0.15, 0.2) is 29.2 Å². The standard InChI is InChI=1S/C12H12N2O3/c1-7-3-4-9(8(2)5-7)14-10(11(15)16)6-13-12(14)17/h3-6H,1-2H3,(H,13,17)(H,15,16). The van der Waals surface area contributed by atoms with Gasteiger partial charge >= 0.3 is 11.7 Å². The summed E-state index contributed by atoms with van der Waals surface area (Å²) in [6.07, 6.45) is 1.20. The average molecular weight is 232 g/mol. The van der Waals surface area contributed by atoms with Gasteiger partial charge in [0, 0.05) is 6.20 Å². The van der Waals surface area contributed by atoms with Gasteiger partial charge in [-0.2, -0.15) is 0 Å². The Balaban J connectivity index is 2.72. The second-order valence-corrected chi connectivity index (χ2v) is 3.91. The van der Waals surface area contributed by atoms with E-state index in [1.807, 2.05) is 26.0 Å². The number of hydrogen-bond donors (Lipinski definition) is 2. The maximum atomic E-state index is 11.6. The van der Waals surface area contributed by atoms with Gasteiger partial charge in [0.1, 0.15) is 0 Å². The van der Waals surface area contributed by atoms with E-state index in [1.54, 1.807) is 6.07 Å². The van der Waals surface area contributed by atoms with E-state index in [0.717, 1.165) is 15.7 Å². The number of carboxylic acid groups (broad SMARTS) is 1. The zero-order chi connectivity index (χ0) is 12.6. The van der Waals surface area contributed by atoms with Crippen LogP contribution in [-0.4, -0.2) is 20.6 Å². The van der Waals surface area contributed by atoms with Crippen molar-refractivity contribution in [1.29, 1.82) is 0 Å². The van der Waals surface area contributed by atoms with Crippen molar-refractivity contribution >= 4 is 5.97 Å². The third-order valence-corrected chi connectivity index (χ3v) is 2.59. The van der Waals surface area contributed by atoms with Crippen molar-refractivity contribution in [2.45, 2.75) is 13.8 Å². The molecule has 0 saturated heterocycles. The number of nitrogens with one attached hydrogen (secondary N) is 1. The van der Waals surface area contributed by atoms with Crippen LogP contribution in [0.5, 0.6) is 0 Å². The van der Waals surface area contributed by atoms with Gasteiger partial charge in [-0.05, 0) is 25.5 Å². The molecular formula is C12H12N2O3. The number of imidazole rings is 1. The molecule has 1 aromatic carbocycles. The van der Waals surface area contributed by atoms with Crippen molar-refractivity contribution in [3.8, 4) is 5.69 Å². The second-order valence-electron chi connectivity index (χ2n) is 3.91. The predicted molar refractivity (Wildman–Crippen MR) is 62.8 cm³/mol. The van der Waals surface area contributed by atoms with Gasteiger partial charge in [0.05, 0.1) is 5.69 Å². The Morgan fingerprint density at radius 3 is 2.65 bits per heavy atom. The van der Waals surface area contributed by atoms with Crippen LogP contribution < -0.4 is 5.69 Å². The first-order chi connectivity index (χ1) is 8.00. The third kappa shape index (κ3) is 1.87. The number of nitrogens with zero attached hydrogens (tertiary/aromatic N) is 1. The van der Waals surface area contributed by atoms with Gasteiger partial charge in [0.25, 0.3) is 0 Å². The van der Waals surface area contributed by atoms with Gasteiger partial charge < -0.3 is 10.1 Å². The molecule has 88 valence electrons. The van der Waals surface area contributed by atoms with Gasteiger partial charge in [-0.25, -0.2) is 9.59 Å². The van der Waals surface area contributed by atoms with Crippen LogP contribution in [0.1, 0.15) is 21.6 Å². The van der Waals surface area contributed by atoms with Crippen LogP contribution >= 0.6 is 0 Å². The van der Waals surface area contributed by atoms with E-state index in [-0.39, 0.29) is 5.69 Å². The Bertz CT molecular complexity index is 637. The predicted octanol–water partition coefficient (Wildman–Crippen LogP) is 1.48. The highest BCUT2D eigenvalue weighted by Gasteiger charge is 2.15. The van der Waals surface area contributed by atoms with E-state index < -0.39 is 11.7 Å². The summed E-state index contributed by atoms with van der Waals surface area (Å²) in [4.78, 5) is 25.0. The fourth-order valence-electron chi connectivity index (χ4n) is 1.82. The lowest BCUT2D eigenvalue weighted by Gasteiger charge is -2.08. The summed E-state index contributed by atoms with van der Waals surface area (Å²) < 4.78 is 1.16. The Morgan fingerprint density at radius 1 is 1.35 bits per heavy atom. The third-order valence-electron chi connectivity index (χ3n) is 2.59. The lowest BCUT2D eigenvalue weighted by molar-refractivity contribution is 0.0688. The van der Waals surface area contributed by atoms with Crippen molar-refractivity contribution in [3.05, 3.63) is 51.7 Å². The van der Waals surface area contributed by atoms with Crippen LogP contribution in [0.4, 0.5) is 0 Å². The zero-order valence-corrected chi connectivity index (χ0v) is 9.52. The molecule has 1 aromatic heterocycles. The highest BCUT2D eigenvalue weighted by Crippen LogP contribution is 2.15. The normalized spacial score (nSPS) is 10.5. The lowest BCUT2D eigenvalue weighted by atomic mass is 10.1. The molecule has 5 heteroatoms. The molecule has 17 heavy (non-hydrogen) atoms. The molecule has 0 aliphatic carbocycles. The maximum Gasteiger partial charge on any atom is 0.354 e. The Kier molecular flexibility index (Phi) is 2.59. The maximum absolute atomic E-state index is 11.6. The van der Waals surface area contributed by atoms with Crippen LogP contribution in [0.25, 0.3) is 5.69 Å². The molecule has 0 fully saturated rings. The number of benzene rings is 1. The number of rotatable bonds is 2. The van der Waals surface area contributed by atoms with Crippen LogP contribution in [-0.2, 0) is 0 Å². The molecule has 1 heterocycles. The Labute approximate surface area is 97.3 Å². The largest absolute Gasteiger partial charge is 0.477 e. The number of H-pyrrole nitrogens is 1. The molecule has 0 unspecified atom stereocenters. The first-order valence-electron chi connectivity index (χ1n) is 5.12. The Hall–Kier alpha value is -2.30. The number of hydrogen-bond acceptors (Lipinski definition) is 2. The number of aromatic carboxylic acids is 1. The highest BCUT2D eigenvalue weighted by molar-refractivity contribution is 5.86. The summed E-state index contributed by atoms with van der Waals surface area (Å²) in [5, 5.41) is 9.01. The van der Waals surface area contributed by atoms with Crippen molar-refractivity contribution in [3.63, 3.8) is 0 Å². The first-order valence-corrected chi connectivity index (χ1v) is 5.12. The van der Waals surface area contributed by atoms with Crippen molar-refractivity contribution in [1.82, 2.24) is 9.55 Å². The lowest BCUT2D eigenvalue weighted by Crippen LogP contribution is -2.20. The quantitative estimate of drug-likeness (QED) is 0.823. The van der Waals surface area contributed by atoms with Gasteiger partial charge in [0.15, 0.2) is 5.69 Å². The molecule has 0 spiro atoms. The number of aromatic nitrogens is 2. The topological polar surface area (TPSA) is 75.1 Å². The summed E-state index contributed by atoms with van der Waals surface area (Å²) in [5.74, 6) is -1.14. The summed E-state index contributed by atoms with van der Waals surface area (Å²) in [5.41, 5.74) is 1.98. The second kappa shape index (κ2) is 3.93. The van der Waals surface area contributed by atoms with E-state index in [1.165, 1.54) is 6.20 Å². The molecule has 0 amide bonds. The monoisotopic (exact) mass is 232 g/mol. The molecule has 2 N–H and O–H groups in total. The molecule has 0 radical (unpaired) electrons. The number of aryl methyl sites for hydroxylation is 2. The molecule has 0 saturated carbocycles. The van der Waals surface area contributed by atoms with Gasteiger partial charge in [0.2, 0.25) is 0 Å². The molecular weight excluding hydrogens is 220 g/mol. The minimum atomic E-state index is -1.14. The summed E-state index contributed by atoms with van der Waals surface area (Å²) >= 11 is 0. The van der Waals surface area contributed by atoms with E-state index in [9.17, 15) is 9.59 Å². The smallest absolute Gasteiger partial charge is 0.354 e. The number of aromatic amines is 1. The molecule has 2 rings (SSSR count). The Morgan fingerprint density at radius 2 is 2.06 bits per heavy atom. The first kappa shape index (κ1) is 11.2. The van der Waals surface area contributed by atoms with Gasteiger partial charge in [-0.1, -0.05) is 17.7 Å². The highest BCUT2D eigenvalue weighted by atomic mass is 16.4. The van der Waals surface area contributed by atoms with E-state index in [2.05, 4.69) is 4.98 Å². The zero-order valence-electron chi connectivity index (χ0n) is 9.52. The summed E-state index contributed by atoms with van der Waals surface area (Å²) in [7, 11) is 0. The molecule has 2 aromatic rings. The van der Waals surface area contributed by atoms with Crippen molar-refractivity contribution in [2.75, 3.05) is 0 Å². The summed E-state index contributed by atoms with van der Waals surface area (Å²) in [6, 6.07) is 5.49. The SMILES string of the molecule is Cc1ccc(-n2c(C(=O)O)c[nH]c2=O)c(C)c1.